The molecule has 0 aliphatic rings. The lowest BCUT2D eigenvalue weighted by Crippen LogP contribution is -2.28. The van der Waals surface area contributed by atoms with Gasteiger partial charge in [0.1, 0.15) is 10.4 Å². The van der Waals surface area contributed by atoms with Crippen molar-refractivity contribution in [2.45, 2.75) is 19.3 Å². The highest BCUT2D eigenvalue weighted by Crippen LogP contribution is 2.40. The Labute approximate surface area is 127 Å². The quantitative estimate of drug-likeness (QED) is 0.918. The average Bonchev–Trinajstić information content (AvgIpc) is 2.96. The zero-order valence-corrected chi connectivity index (χ0v) is 13.2. The Balaban J connectivity index is 2.50. The van der Waals surface area contributed by atoms with Crippen molar-refractivity contribution in [1.82, 2.24) is 4.98 Å². The van der Waals surface area contributed by atoms with Crippen LogP contribution in [0.4, 0.5) is 0 Å². The molecule has 1 N–H and O–H groups in total. The zero-order chi connectivity index (χ0) is 15.6. The van der Waals surface area contributed by atoms with Crippen LogP contribution in [-0.4, -0.2) is 30.3 Å². The number of hydrogen-bond donors (Lipinski definition) is 1. The van der Waals surface area contributed by atoms with E-state index in [1.807, 2.05) is 12.1 Å². The summed E-state index contributed by atoms with van der Waals surface area (Å²) in [5, 5.41) is 11.7. The minimum atomic E-state index is -1.03. The van der Waals surface area contributed by atoms with Gasteiger partial charge in [-0.15, -0.1) is 11.3 Å². The number of nitrogens with zero attached hydrogens (tertiary/aromatic N) is 1. The summed E-state index contributed by atoms with van der Waals surface area (Å²) in [5.74, 6) is 0.301. The summed E-state index contributed by atoms with van der Waals surface area (Å²) in [7, 11) is 3.14. The first kappa shape index (κ1) is 15.3. The van der Waals surface area contributed by atoms with E-state index in [4.69, 9.17) is 9.47 Å². The van der Waals surface area contributed by atoms with Crippen molar-refractivity contribution in [3.05, 3.63) is 29.3 Å². The lowest BCUT2D eigenvalue weighted by Gasteiger charge is -2.15. The molecule has 0 spiro atoms. The van der Waals surface area contributed by atoms with Crippen molar-refractivity contribution in [3.8, 4) is 22.1 Å². The van der Waals surface area contributed by atoms with Gasteiger partial charge in [0.25, 0.3) is 0 Å². The average molecular weight is 307 g/mol. The van der Waals surface area contributed by atoms with Gasteiger partial charge in [0, 0.05) is 5.38 Å². The number of para-hydroxylation sites is 1. The molecule has 0 amide bonds. The highest BCUT2D eigenvalue weighted by molar-refractivity contribution is 7.13. The molecule has 2 rings (SSSR count). The molecule has 0 aliphatic carbocycles. The van der Waals surface area contributed by atoms with Crippen LogP contribution in [0.1, 0.15) is 19.5 Å². The fraction of sp³-hybridized carbons (Fsp3) is 0.333. The Morgan fingerprint density at radius 3 is 2.57 bits per heavy atom. The summed E-state index contributed by atoms with van der Waals surface area (Å²) in [6, 6.07) is 5.52. The Kier molecular flexibility index (Phi) is 4.18. The first-order valence-electron chi connectivity index (χ1n) is 6.32. The fourth-order valence-electron chi connectivity index (χ4n) is 1.85. The number of methoxy groups -OCH3 is 2. The topological polar surface area (TPSA) is 68.7 Å². The van der Waals surface area contributed by atoms with Crippen LogP contribution in [0.15, 0.2) is 23.6 Å². The van der Waals surface area contributed by atoms with Gasteiger partial charge in [-0.2, -0.15) is 0 Å². The SMILES string of the molecule is COc1cccc(-c2nc(C(C)(C)C(=O)O)cs2)c1OC. The molecule has 0 unspecified atom stereocenters. The van der Waals surface area contributed by atoms with Crippen LogP contribution in [0.5, 0.6) is 11.5 Å². The maximum atomic E-state index is 11.3. The van der Waals surface area contributed by atoms with E-state index in [0.717, 1.165) is 5.56 Å². The molecule has 6 heteroatoms. The van der Waals surface area contributed by atoms with E-state index in [1.165, 1.54) is 11.3 Å². The van der Waals surface area contributed by atoms with Gasteiger partial charge in [0.05, 0.1) is 25.5 Å². The van der Waals surface area contributed by atoms with Crippen LogP contribution in [0.2, 0.25) is 0 Å². The van der Waals surface area contributed by atoms with E-state index in [2.05, 4.69) is 4.98 Å². The minimum Gasteiger partial charge on any atom is -0.493 e. The van der Waals surface area contributed by atoms with Crippen LogP contribution in [0, 0.1) is 0 Å². The monoisotopic (exact) mass is 307 g/mol. The molecule has 0 saturated heterocycles. The molecule has 0 saturated carbocycles. The van der Waals surface area contributed by atoms with E-state index < -0.39 is 11.4 Å². The summed E-state index contributed by atoms with van der Waals surface area (Å²) in [6.07, 6.45) is 0. The molecule has 0 aliphatic heterocycles. The smallest absolute Gasteiger partial charge is 0.315 e. The van der Waals surface area contributed by atoms with E-state index in [0.29, 0.717) is 22.2 Å². The minimum absolute atomic E-state index is 0.528. The van der Waals surface area contributed by atoms with Gasteiger partial charge in [0.15, 0.2) is 11.5 Å². The molecule has 1 aromatic carbocycles. The predicted molar refractivity (Wildman–Crippen MR) is 81.3 cm³/mol. The largest absolute Gasteiger partial charge is 0.493 e. The van der Waals surface area contributed by atoms with Crippen LogP contribution in [0.3, 0.4) is 0 Å². The maximum absolute atomic E-state index is 11.3. The van der Waals surface area contributed by atoms with Crippen LogP contribution in [0.25, 0.3) is 10.6 Å². The summed E-state index contributed by atoms with van der Waals surface area (Å²) in [4.78, 5) is 15.8. The van der Waals surface area contributed by atoms with E-state index >= 15 is 0 Å². The van der Waals surface area contributed by atoms with Gasteiger partial charge < -0.3 is 14.6 Å². The number of rotatable bonds is 5. The summed E-state index contributed by atoms with van der Waals surface area (Å²) in [5.41, 5.74) is 0.287. The molecule has 21 heavy (non-hydrogen) atoms. The van der Waals surface area contributed by atoms with Crippen molar-refractivity contribution in [2.24, 2.45) is 0 Å². The second-order valence-electron chi connectivity index (χ2n) is 5.01. The number of aliphatic carboxylic acids is 1. The molecule has 0 fully saturated rings. The van der Waals surface area contributed by atoms with Gasteiger partial charge in [-0.3, -0.25) is 4.79 Å². The number of ether oxygens (including phenoxy) is 2. The molecule has 2 aromatic rings. The third kappa shape index (κ3) is 2.71. The predicted octanol–water partition coefficient (Wildman–Crippen LogP) is 3.19. The normalized spacial score (nSPS) is 11.2. The van der Waals surface area contributed by atoms with Gasteiger partial charge in [-0.25, -0.2) is 4.98 Å². The van der Waals surface area contributed by atoms with Crippen molar-refractivity contribution in [3.63, 3.8) is 0 Å². The zero-order valence-electron chi connectivity index (χ0n) is 12.3. The van der Waals surface area contributed by atoms with Crippen LogP contribution in [-0.2, 0) is 10.2 Å². The number of carboxylic acid groups (broad SMARTS) is 1. The number of aromatic nitrogens is 1. The Hall–Kier alpha value is -2.08. The second kappa shape index (κ2) is 5.73. The number of benzene rings is 1. The van der Waals surface area contributed by atoms with Gasteiger partial charge >= 0.3 is 5.97 Å². The van der Waals surface area contributed by atoms with Crippen molar-refractivity contribution < 1.29 is 19.4 Å². The second-order valence-corrected chi connectivity index (χ2v) is 5.87. The lowest BCUT2D eigenvalue weighted by molar-refractivity contribution is -0.142. The number of thiazole rings is 1. The molecule has 1 heterocycles. The summed E-state index contributed by atoms with van der Waals surface area (Å²) >= 11 is 1.39. The Morgan fingerprint density at radius 1 is 1.29 bits per heavy atom. The molecule has 5 nitrogen and oxygen atoms in total. The first-order valence-corrected chi connectivity index (χ1v) is 7.20. The van der Waals surface area contributed by atoms with Crippen molar-refractivity contribution in [2.75, 3.05) is 14.2 Å². The molecular weight excluding hydrogens is 290 g/mol. The van der Waals surface area contributed by atoms with Crippen LogP contribution >= 0.6 is 11.3 Å². The number of carboxylic acids is 1. The van der Waals surface area contributed by atoms with Crippen molar-refractivity contribution >= 4 is 17.3 Å². The van der Waals surface area contributed by atoms with Gasteiger partial charge in [-0.05, 0) is 26.0 Å². The Morgan fingerprint density at radius 2 is 2.00 bits per heavy atom. The molecule has 0 atom stereocenters. The third-order valence-corrected chi connectivity index (χ3v) is 4.19. The summed E-state index contributed by atoms with van der Waals surface area (Å²) in [6.45, 7) is 3.27. The van der Waals surface area contributed by atoms with E-state index in [-0.39, 0.29) is 0 Å². The van der Waals surface area contributed by atoms with E-state index in [1.54, 1.807) is 39.5 Å². The molecule has 112 valence electrons. The van der Waals surface area contributed by atoms with Gasteiger partial charge in [0.2, 0.25) is 0 Å². The standard InChI is InChI=1S/C15H17NO4S/c1-15(2,14(17)18)11-8-21-13(16-11)9-6-5-7-10(19-3)12(9)20-4/h5-8H,1-4H3,(H,17,18). The van der Waals surface area contributed by atoms with Gasteiger partial charge in [-0.1, -0.05) is 6.07 Å². The lowest BCUT2D eigenvalue weighted by atomic mass is 9.90. The molecule has 0 bridgehead atoms. The number of hydrogen-bond acceptors (Lipinski definition) is 5. The van der Waals surface area contributed by atoms with Crippen molar-refractivity contribution in [1.29, 1.82) is 0 Å². The summed E-state index contributed by atoms with van der Waals surface area (Å²) < 4.78 is 10.7. The molecule has 1 aromatic heterocycles. The van der Waals surface area contributed by atoms with Crippen LogP contribution < -0.4 is 9.47 Å². The molecular formula is C15H17NO4S. The highest BCUT2D eigenvalue weighted by Gasteiger charge is 2.32. The molecule has 0 radical (unpaired) electrons. The third-order valence-electron chi connectivity index (χ3n) is 3.31. The maximum Gasteiger partial charge on any atom is 0.315 e. The fourth-order valence-corrected chi connectivity index (χ4v) is 2.86. The number of carbonyl (C=O) groups is 1. The van der Waals surface area contributed by atoms with E-state index in [9.17, 15) is 9.90 Å². The Bertz CT molecular complexity index is 663. The first-order chi connectivity index (χ1) is 9.91. The highest BCUT2D eigenvalue weighted by atomic mass is 32.1.